The number of ether oxygens (including phenoxy) is 1. The molecule has 0 radical (unpaired) electrons. The van der Waals surface area contributed by atoms with E-state index in [1.807, 2.05) is 24.3 Å². The molecule has 0 aliphatic rings. The van der Waals surface area contributed by atoms with Crippen molar-refractivity contribution in [2.24, 2.45) is 0 Å². The molecule has 2 N–H and O–H groups in total. The average Bonchev–Trinajstić information content (AvgIpc) is 3.12. The van der Waals surface area contributed by atoms with Gasteiger partial charge in [0.25, 0.3) is 0 Å². The Kier molecular flexibility index (Phi) is 5.52. The van der Waals surface area contributed by atoms with Gasteiger partial charge in [0.15, 0.2) is 0 Å². The highest BCUT2D eigenvalue weighted by Crippen LogP contribution is 2.29. The minimum Gasteiger partial charge on any atom is -0.493 e. The zero-order valence-electron chi connectivity index (χ0n) is 16.9. The zero-order chi connectivity index (χ0) is 20.2. The van der Waals surface area contributed by atoms with Crippen LogP contribution < -0.4 is 10.1 Å². The predicted molar refractivity (Wildman–Crippen MR) is 120 cm³/mol. The topological polar surface area (TPSA) is 54.1 Å². The molecule has 0 aliphatic heterocycles. The Morgan fingerprint density at radius 2 is 1.79 bits per heavy atom. The summed E-state index contributed by atoms with van der Waals surface area (Å²) in [4.78, 5) is 15.8. The fourth-order valence-electron chi connectivity index (χ4n) is 3.67. The van der Waals surface area contributed by atoms with E-state index in [1.54, 1.807) is 0 Å². The van der Waals surface area contributed by atoms with E-state index < -0.39 is 0 Å². The normalized spacial score (nSPS) is 11.1. The van der Waals surface area contributed by atoms with Crippen molar-refractivity contribution in [3.05, 3.63) is 71.8 Å². The second-order valence-electron chi connectivity index (χ2n) is 7.22. The number of rotatable bonds is 7. The van der Waals surface area contributed by atoms with E-state index in [-0.39, 0.29) is 5.91 Å². The molecule has 0 spiro atoms. The number of hydrogen-bond donors (Lipinski definition) is 2. The minimum atomic E-state index is -0.0557. The van der Waals surface area contributed by atoms with E-state index in [1.165, 1.54) is 27.4 Å². The molecule has 0 saturated carbocycles. The summed E-state index contributed by atoms with van der Waals surface area (Å²) in [6.45, 7) is 4.63. The highest BCUT2D eigenvalue weighted by atomic mass is 16.5. The van der Waals surface area contributed by atoms with E-state index in [4.69, 9.17) is 4.74 Å². The molecule has 0 unspecified atom stereocenters. The van der Waals surface area contributed by atoms with E-state index in [9.17, 15) is 4.79 Å². The van der Waals surface area contributed by atoms with Gasteiger partial charge in [-0.05, 0) is 48.2 Å². The maximum absolute atomic E-state index is 12.3. The Hall–Kier alpha value is -3.27. The number of H-pyrrole nitrogens is 1. The summed E-state index contributed by atoms with van der Waals surface area (Å²) >= 11 is 0. The number of carbonyl (C=O) groups is 1. The lowest BCUT2D eigenvalue weighted by atomic mass is 10.1. The highest BCUT2D eigenvalue weighted by Gasteiger charge is 2.09. The number of benzene rings is 3. The van der Waals surface area contributed by atoms with Crippen molar-refractivity contribution < 1.29 is 9.53 Å². The number of aromatic nitrogens is 1. The highest BCUT2D eigenvalue weighted by molar-refractivity contribution is 6.09. The fourth-order valence-corrected chi connectivity index (χ4v) is 3.67. The molecule has 0 aliphatic carbocycles. The van der Waals surface area contributed by atoms with Crippen LogP contribution in [0.3, 0.4) is 0 Å². The summed E-state index contributed by atoms with van der Waals surface area (Å²) in [7, 11) is 0. The molecule has 0 atom stereocenters. The van der Waals surface area contributed by atoms with Gasteiger partial charge >= 0.3 is 0 Å². The maximum Gasteiger partial charge on any atom is 0.227 e. The van der Waals surface area contributed by atoms with Crippen LogP contribution in [0.2, 0.25) is 0 Å². The van der Waals surface area contributed by atoms with Crippen molar-refractivity contribution in [3.8, 4) is 5.75 Å². The van der Waals surface area contributed by atoms with Crippen LogP contribution in [0.15, 0.2) is 60.7 Å². The van der Waals surface area contributed by atoms with Gasteiger partial charge in [0, 0.05) is 27.5 Å². The third kappa shape index (κ3) is 4.11. The van der Waals surface area contributed by atoms with Crippen LogP contribution in [0.1, 0.15) is 31.4 Å². The summed E-state index contributed by atoms with van der Waals surface area (Å²) in [6, 6.07) is 20.4. The Labute approximate surface area is 170 Å². The molecule has 0 bridgehead atoms. The second kappa shape index (κ2) is 8.39. The number of carbonyl (C=O) groups excluding carboxylic acids is 1. The number of anilines is 1. The van der Waals surface area contributed by atoms with Crippen molar-refractivity contribution in [1.82, 2.24) is 4.98 Å². The number of nitrogens with one attached hydrogen (secondary N) is 2. The van der Waals surface area contributed by atoms with Gasteiger partial charge in [-0.25, -0.2) is 0 Å². The third-order valence-electron chi connectivity index (χ3n) is 5.31. The standard InChI is InChI=1S/C25H26N2O2/c1-3-17-8-11-20(12-9-17)29-15-14-24(28)26-19-10-13-21-22-7-5-6-18(4-2)25(22)27-23(21)16-19/h5-13,16,27H,3-4,14-15H2,1-2H3,(H,26,28). The van der Waals surface area contributed by atoms with Gasteiger partial charge in [0.1, 0.15) is 5.75 Å². The number of hydrogen-bond acceptors (Lipinski definition) is 2. The smallest absolute Gasteiger partial charge is 0.227 e. The molecule has 4 rings (SSSR count). The average molecular weight is 386 g/mol. The lowest BCUT2D eigenvalue weighted by Gasteiger charge is -2.08. The lowest BCUT2D eigenvalue weighted by molar-refractivity contribution is -0.116. The van der Waals surface area contributed by atoms with Gasteiger partial charge in [0.05, 0.1) is 13.0 Å². The van der Waals surface area contributed by atoms with Crippen LogP contribution in [-0.4, -0.2) is 17.5 Å². The summed E-state index contributed by atoms with van der Waals surface area (Å²) in [6.07, 6.45) is 2.29. The van der Waals surface area contributed by atoms with Crippen molar-refractivity contribution >= 4 is 33.4 Å². The van der Waals surface area contributed by atoms with Crippen molar-refractivity contribution in [3.63, 3.8) is 0 Å². The van der Waals surface area contributed by atoms with Crippen LogP contribution >= 0.6 is 0 Å². The summed E-state index contributed by atoms with van der Waals surface area (Å²) in [5.41, 5.74) is 5.57. The second-order valence-corrected chi connectivity index (χ2v) is 7.22. The molecule has 4 nitrogen and oxygen atoms in total. The van der Waals surface area contributed by atoms with E-state index in [0.29, 0.717) is 13.0 Å². The number of aryl methyl sites for hydroxylation is 2. The Bertz CT molecular complexity index is 1140. The van der Waals surface area contributed by atoms with E-state index >= 15 is 0 Å². The molecule has 3 aromatic carbocycles. The predicted octanol–water partition coefficient (Wildman–Crippen LogP) is 5.85. The van der Waals surface area contributed by atoms with Crippen LogP contribution in [0, 0.1) is 0 Å². The van der Waals surface area contributed by atoms with Gasteiger partial charge in [-0.1, -0.05) is 50.2 Å². The van der Waals surface area contributed by atoms with Crippen LogP contribution in [-0.2, 0) is 17.6 Å². The SMILES string of the molecule is CCc1ccc(OCCC(=O)Nc2ccc3c(c2)[nH]c2c(CC)cccc23)cc1. The first kappa shape index (κ1) is 19.1. The molecule has 1 heterocycles. The Balaban J connectivity index is 1.40. The molecule has 29 heavy (non-hydrogen) atoms. The van der Waals surface area contributed by atoms with Gasteiger partial charge in [-0.15, -0.1) is 0 Å². The number of aromatic amines is 1. The Morgan fingerprint density at radius 1 is 0.966 bits per heavy atom. The largest absolute Gasteiger partial charge is 0.493 e. The zero-order valence-corrected chi connectivity index (χ0v) is 16.9. The lowest BCUT2D eigenvalue weighted by Crippen LogP contribution is -2.15. The fraction of sp³-hybridized carbons (Fsp3) is 0.240. The third-order valence-corrected chi connectivity index (χ3v) is 5.31. The van der Waals surface area contributed by atoms with Crippen molar-refractivity contribution in [1.29, 1.82) is 0 Å². The number of para-hydroxylation sites is 1. The molecule has 148 valence electrons. The summed E-state index contributed by atoms with van der Waals surface area (Å²) in [5.74, 6) is 0.737. The van der Waals surface area contributed by atoms with E-state index in [2.05, 4.69) is 60.5 Å². The van der Waals surface area contributed by atoms with Gasteiger partial charge in [-0.3, -0.25) is 4.79 Å². The van der Waals surface area contributed by atoms with Crippen molar-refractivity contribution in [2.45, 2.75) is 33.1 Å². The quantitative estimate of drug-likeness (QED) is 0.418. The summed E-state index contributed by atoms with van der Waals surface area (Å²) in [5, 5.41) is 5.37. The monoisotopic (exact) mass is 386 g/mol. The van der Waals surface area contributed by atoms with Gasteiger partial charge < -0.3 is 15.0 Å². The Morgan fingerprint density at radius 3 is 2.55 bits per heavy atom. The van der Waals surface area contributed by atoms with Gasteiger partial charge in [0.2, 0.25) is 5.91 Å². The molecule has 1 aromatic heterocycles. The van der Waals surface area contributed by atoms with Gasteiger partial charge in [-0.2, -0.15) is 0 Å². The maximum atomic E-state index is 12.3. The number of fused-ring (bicyclic) bond motifs is 3. The first-order valence-electron chi connectivity index (χ1n) is 10.2. The van der Waals surface area contributed by atoms with Crippen LogP contribution in [0.5, 0.6) is 5.75 Å². The first-order valence-corrected chi connectivity index (χ1v) is 10.2. The van der Waals surface area contributed by atoms with Crippen molar-refractivity contribution in [2.75, 3.05) is 11.9 Å². The van der Waals surface area contributed by atoms with Crippen LogP contribution in [0.4, 0.5) is 5.69 Å². The molecule has 4 aromatic rings. The summed E-state index contributed by atoms with van der Waals surface area (Å²) < 4.78 is 5.68. The molecule has 1 amide bonds. The van der Waals surface area contributed by atoms with Crippen LogP contribution in [0.25, 0.3) is 21.8 Å². The molecule has 4 heteroatoms. The van der Waals surface area contributed by atoms with E-state index in [0.717, 1.165) is 29.8 Å². The minimum absolute atomic E-state index is 0.0557. The first-order chi connectivity index (χ1) is 14.2. The molecule has 0 fully saturated rings. The number of amides is 1. The molecular formula is C25H26N2O2. The molecule has 0 saturated heterocycles. The molecular weight excluding hydrogens is 360 g/mol.